The number of hydrogen-bond donors (Lipinski definition) is 1. The molecule has 0 fully saturated rings. The Kier molecular flexibility index (Phi) is 12.8. The summed E-state index contributed by atoms with van der Waals surface area (Å²) in [6.07, 6.45) is 1.03. The fourth-order valence-electron chi connectivity index (χ4n) is 1.56. The van der Waals surface area contributed by atoms with Crippen molar-refractivity contribution in [3.8, 4) is 0 Å². The summed E-state index contributed by atoms with van der Waals surface area (Å²) in [5, 5.41) is 2.98. The fourth-order valence-corrected chi connectivity index (χ4v) is 1.56. The molecule has 0 saturated carbocycles. The summed E-state index contributed by atoms with van der Waals surface area (Å²) in [7, 11) is 0. The van der Waals surface area contributed by atoms with Crippen molar-refractivity contribution in [3.63, 3.8) is 0 Å². The Morgan fingerprint density at radius 3 is 2.59 bits per heavy atom. The van der Waals surface area contributed by atoms with Crippen LogP contribution in [-0.4, -0.2) is 43.7 Å². The molecule has 6 heteroatoms. The first-order valence-corrected chi connectivity index (χ1v) is 7.62. The van der Waals surface area contributed by atoms with Crippen molar-refractivity contribution in [3.05, 3.63) is 29.6 Å². The molecule has 0 spiro atoms. The Morgan fingerprint density at radius 2 is 1.91 bits per heavy atom. The van der Waals surface area contributed by atoms with E-state index >= 15 is 0 Å². The van der Waals surface area contributed by atoms with Gasteiger partial charge in [0.1, 0.15) is 13.2 Å². The molecule has 0 atom stereocenters. The predicted octanol–water partition coefficient (Wildman–Crippen LogP) is 1.52. The Bertz CT molecular complexity index is 424. The lowest BCUT2D eigenvalue weighted by atomic mass is 10.2. The minimum absolute atomic E-state index is 0.183. The largest absolute Gasteiger partial charge is 0.467 e. The van der Waals surface area contributed by atoms with Gasteiger partial charge in [0.05, 0.1) is 12.1 Å². The summed E-state index contributed by atoms with van der Waals surface area (Å²) >= 11 is 0. The van der Waals surface area contributed by atoms with E-state index in [4.69, 9.17) is 4.74 Å². The van der Waals surface area contributed by atoms with E-state index in [2.05, 4.69) is 15.0 Å². The van der Waals surface area contributed by atoms with E-state index in [0.717, 1.165) is 17.8 Å². The second-order valence-electron chi connectivity index (χ2n) is 4.09. The lowest BCUT2D eigenvalue weighted by Gasteiger charge is -2.06. The van der Waals surface area contributed by atoms with Crippen LogP contribution < -0.4 is 5.32 Å². The van der Waals surface area contributed by atoms with Crippen molar-refractivity contribution < 1.29 is 19.1 Å². The first-order chi connectivity index (χ1) is 10.8. The normalized spacial score (nSPS) is 9.41. The smallest absolute Gasteiger partial charge is 0.311 e. The molecule has 1 heterocycles. The lowest BCUT2D eigenvalue weighted by Crippen LogP contribution is -2.25. The monoisotopic (exact) mass is 310 g/mol. The molecule has 1 rings (SSSR count). The molecule has 22 heavy (non-hydrogen) atoms. The maximum atomic E-state index is 11.6. The van der Waals surface area contributed by atoms with Gasteiger partial charge in [0.25, 0.3) is 6.47 Å². The first-order valence-electron chi connectivity index (χ1n) is 7.62. The SMILES string of the molecule is CC.CCc1cccc(CC(=O)OCCNCCOC=O)n1. The zero-order chi connectivity index (χ0) is 16.6. The zero-order valence-electron chi connectivity index (χ0n) is 13.6. The van der Waals surface area contributed by atoms with Gasteiger partial charge in [-0.15, -0.1) is 0 Å². The molecule has 0 unspecified atom stereocenters. The molecule has 0 bridgehead atoms. The topological polar surface area (TPSA) is 77.5 Å². The number of carbonyl (C=O) groups is 2. The first kappa shape index (κ1) is 20.1. The summed E-state index contributed by atoms with van der Waals surface area (Å²) in [6, 6.07) is 5.64. The van der Waals surface area contributed by atoms with Gasteiger partial charge in [-0.1, -0.05) is 26.8 Å². The third-order valence-electron chi connectivity index (χ3n) is 2.56. The molecular weight excluding hydrogens is 284 g/mol. The molecule has 1 N–H and O–H groups in total. The van der Waals surface area contributed by atoms with Gasteiger partial charge in [0.15, 0.2) is 0 Å². The van der Waals surface area contributed by atoms with Crippen molar-refractivity contribution in [2.75, 3.05) is 26.3 Å². The van der Waals surface area contributed by atoms with Crippen molar-refractivity contribution in [1.82, 2.24) is 10.3 Å². The molecule has 0 aromatic carbocycles. The summed E-state index contributed by atoms with van der Waals surface area (Å²) in [5.41, 5.74) is 1.69. The molecule has 0 aliphatic carbocycles. The maximum Gasteiger partial charge on any atom is 0.311 e. The second kappa shape index (κ2) is 14.0. The van der Waals surface area contributed by atoms with Crippen LogP contribution >= 0.6 is 0 Å². The average molecular weight is 310 g/mol. The highest BCUT2D eigenvalue weighted by Gasteiger charge is 2.06. The highest BCUT2D eigenvalue weighted by atomic mass is 16.5. The fraction of sp³-hybridized carbons (Fsp3) is 0.562. The molecule has 0 aliphatic heterocycles. The standard InChI is InChI=1S/C14H20N2O4.C2H6/c1-2-12-4-3-5-13(16-12)10-14(18)20-9-7-15-6-8-19-11-17;1-2/h3-5,11,15H,2,6-10H2,1H3;1-2H3. The van der Waals surface area contributed by atoms with Crippen LogP contribution in [-0.2, 0) is 31.9 Å². The molecule has 0 aliphatic rings. The van der Waals surface area contributed by atoms with Gasteiger partial charge in [0, 0.05) is 18.8 Å². The van der Waals surface area contributed by atoms with Crippen molar-refractivity contribution >= 4 is 12.4 Å². The van der Waals surface area contributed by atoms with E-state index < -0.39 is 0 Å². The van der Waals surface area contributed by atoms with Gasteiger partial charge in [-0.2, -0.15) is 0 Å². The summed E-state index contributed by atoms with van der Waals surface area (Å²) in [5.74, 6) is -0.295. The minimum atomic E-state index is -0.295. The van der Waals surface area contributed by atoms with Crippen molar-refractivity contribution in [2.24, 2.45) is 0 Å². The van der Waals surface area contributed by atoms with Crippen LogP contribution in [0.15, 0.2) is 18.2 Å². The van der Waals surface area contributed by atoms with E-state index in [9.17, 15) is 9.59 Å². The van der Waals surface area contributed by atoms with Crippen LogP contribution in [0, 0.1) is 0 Å². The number of carbonyl (C=O) groups excluding carboxylic acids is 2. The Balaban J connectivity index is 0.00000211. The number of ether oxygens (including phenoxy) is 2. The molecule has 124 valence electrons. The molecule has 0 amide bonds. The summed E-state index contributed by atoms with van der Waals surface area (Å²) < 4.78 is 9.58. The van der Waals surface area contributed by atoms with Gasteiger partial charge in [-0.3, -0.25) is 14.6 Å². The number of hydrogen-bond acceptors (Lipinski definition) is 6. The second-order valence-corrected chi connectivity index (χ2v) is 4.09. The number of rotatable bonds is 10. The van der Waals surface area contributed by atoms with Crippen LogP contribution in [0.4, 0.5) is 0 Å². The Labute approximate surface area is 132 Å². The molecular formula is C16H26N2O4. The molecule has 1 aromatic heterocycles. The van der Waals surface area contributed by atoms with Crippen molar-refractivity contribution in [2.45, 2.75) is 33.6 Å². The van der Waals surface area contributed by atoms with Gasteiger partial charge in [-0.25, -0.2) is 0 Å². The Morgan fingerprint density at radius 1 is 1.23 bits per heavy atom. The van der Waals surface area contributed by atoms with Crippen LogP contribution in [0.5, 0.6) is 0 Å². The van der Waals surface area contributed by atoms with Crippen LogP contribution in [0.25, 0.3) is 0 Å². The third-order valence-corrected chi connectivity index (χ3v) is 2.56. The van der Waals surface area contributed by atoms with E-state index in [0.29, 0.717) is 26.2 Å². The van der Waals surface area contributed by atoms with Crippen LogP contribution in [0.2, 0.25) is 0 Å². The highest BCUT2D eigenvalue weighted by molar-refractivity contribution is 5.71. The van der Waals surface area contributed by atoms with E-state index in [-0.39, 0.29) is 19.0 Å². The predicted molar refractivity (Wildman–Crippen MR) is 84.5 cm³/mol. The molecule has 1 aromatic rings. The molecule has 0 radical (unpaired) electrons. The van der Waals surface area contributed by atoms with Gasteiger partial charge >= 0.3 is 5.97 Å². The number of aryl methyl sites for hydroxylation is 1. The average Bonchev–Trinajstić information content (AvgIpc) is 2.56. The number of pyridine rings is 1. The van der Waals surface area contributed by atoms with E-state index in [1.165, 1.54) is 0 Å². The molecule has 0 saturated heterocycles. The lowest BCUT2D eigenvalue weighted by molar-refractivity contribution is -0.142. The Hall–Kier alpha value is -1.95. The zero-order valence-corrected chi connectivity index (χ0v) is 13.6. The van der Waals surface area contributed by atoms with E-state index in [1.807, 2.05) is 39.0 Å². The number of aromatic nitrogens is 1. The third kappa shape index (κ3) is 9.88. The van der Waals surface area contributed by atoms with Gasteiger partial charge in [-0.05, 0) is 18.6 Å². The van der Waals surface area contributed by atoms with Gasteiger partial charge < -0.3 is 14.8 Å². The van der Waals surface area contributed by atoms with Gasteiger partial charge in [0.2, 0.25) is 0 Å². The summed E-state index contributed by atoms with van der Waals surface area (Å²) in [6.45, 7) is 8.08. The quantitative estimate of drug-likeness (QED) is 0.401. The number of esters is 1. The highest BCUT2D eigenvalue weighted by Crippen LogP contribution is 2.02. The van der Waals surface area contributed by atoms with E-state index in [1.54, 1.807) is 0 Å². The van der Waals surface area contributed by atoms with Crippen LogP contribution in [0.3, 0.4) is 0 Å². The molecule has 6 nitrogen and oxygen atoms in total. The van der Waals surface area contributed by atoms with Crippen molar-refractivity contribution in [1.29, 1.82) is 0 Å². The van der Waals surface area contributed by atoms with Crippen LogP contribution in [0.1, 0.15) is 32.2 Å². The summed E-state index contributed by atoms with van der Waals surface area (Å²) in [4.78, 5) is 25.8. The number of nitrogens with zero attached hydrogens (tertiary/aromatic N) is 1. The maximum absolute atomic E-state index is 11.6. The number of nitrogens with one attached hydrogen (secondary N) is 1. The minimum Gasteiger partial charge on any atom is -0.467 e.